The molecule has 0 N–H and O–H groups in total. The average Bonchev–Trinajstić information content (AvgIpc) is 2.34. The molecule has 1 nitrogen and oxygen atoms in total. The molecular weight excluding hydrogens is 218 g/mol. The van der Waals surface area contributed by atoms with Gasteiger partial charge in [-0.05, 0) is 38.4 Å². The summed E-state index contributed by atoms with van der Waals surface area (Å²) in [4.78, 5) is 0. The van der Waals surface area contributed by atoms with Crippen molar-refractivity contribution >= 4 is 16.8 Å². The van der Waals surface area contributed by atoms with Gasteiger partial charge in [-0.25, -0.2) is 4.58 Å². The number of rotatable bonds is 0. The lowest BCUT2D eigenvalue weighted by Crippen LogP contribution is -2.44. The summed E-state index contributed by atoms with van der Waals surface area (Å²) in [5.74, 6) is 0. The Hall–Kier alpha value is -0.820. The van der Waals surface area contributed by atoms with E-state index in [2.05, 4.69) is 57.4 Å². The maximum atomic E-state index is 6.52. The van der Waals surface area contributed by atoms with Crippen molar-refractivity contribution in [1.29, 1.82) is 0 Å². The fourth-order valence-electron chi connectivity index (χ4n) is 2.82. The van der Waals surface area contributed by atoms with Gasteiger partial charge in [0.25, 0.3) is 5.17 Å². The molecule has 2 rings (SSSR count). The van der Waals surface area contributed by atoms with Crippen molar-refractivity contribution in [2.75, 3.05) is 0 Å². The van der Waals surface area contributed by atoms with Crippen LogP contribution in [0.5, 0.6) is 0 Å². The fraction of sp³-hybridized carbons (Fsp3) is 0.500. The molecule has 1 aliphatic heterocycles. The van der Waals surface area contributed by atoms with Crippen LogP contribution in [0.1, 0.15) is 45.7 Å². The first-order chi connectivity index (χ1) is 7.26. The number of hydrogen-bond donors (Lipinski definition) is 0. The lowest BCUT2D eigenvalue weighted by molar-refractivity contribution is -0.662. The normalized spacial score (nSPS) is 18.9. The van der Waals surface area contributed by atoms with E-state index in [1.165, 1.54) is 11.1 Å². The maximum absolute atomic E-state index is 6.52. The highest BCUT2D eigenvalue weighted by Crippen LogP contribution is 2.39. The molecular formula is C14H19ClN+. The molecule has 16 heavy (non-hydrogen) atoms. The van der Waals surface area contributed by atoms with E-state index in [0.29, 0.717) is 0 Å². The van der Waals surface area contributed by atoms with E-state index >= 15 is 0 Å². The summed E-state index contributed by atoms with van der Waals surface area (Å²) < 4.78 is 2.30. The minimum Gasteiger partial charge on any atom is -0.206 e. The quantitative estimate of drug-likeness (QED) is 0.604. The van der Waals surface area contributed by atoms with E-state index < -0.39 is 0 Å². The van der Waals surface area contributed by atoms with Gasteiger partial charge >= 0.3 is 0 Å². The van der Waals surface area contributed by atoms with Crippen LogP contribution in [0.2, 0.25) is 0 Å². The van der Waals surface area contributed by atoms with Gasteiger partial charge in [-0.2, -0.15) is 0 Å². The second-order valence-corrected chi connectivity index (χ2v) is 6.26. The average molecular weight is 237 g/mol. The van der Waals surface area contributed by atoms with E-state index in [4.69, 9.17) is 11.6 Å². The molecule has 0 saturated heterocycles. The van der Waals surface area contributed by atoms with Crippen LogP contribution in [0.3, 0.4) is 0 Å². The Balaban J connectivity index is 2.72. The fourth-order valence-corrected chi connectivity index (χ4v) is 3.45. The smallest absolute Gasteiger partial charge is 0.206 e. The standard InChI is InChI=1S/C14H19ClN/c1-13(2,3)16-12(15)10-8-6-7-9-11(10)14(16,4)5/h6-9H,1-5H3/q+1. The molecule has 0 atom stereocenters. The van der Waals surface area contributed by atoms with E-state index in [1.807, 2.05) is 6.07 Å². The van der Waals surface area contributed by atoms with Gasteiger partial charge in [0.15, 0.2) is 11.1 Å². The summed E-state index contributed by atoms with van der Waals surface area (Å²) in [5.41, 5.74) is 2.48. The molecule has 0 aliphatic carbocycles. The highest BCUT2D eigenvalue weighted by molar-refractivity contribution is 6.68. The van der Waals surface area contributed by atoms with Crippen LogP contribution in [0.4, 0.5) is 0 Å². The van der Waals surface area contributed by atoms with Gasteiger partial charge in [0.2, 0.25) is 0 Å². The highest BCUT2D eigenvalue weighted by Gasteiger charge is 2.49. The minimum absolute atomic E-state index is 0.0274. The molecule has 0 amide bonds. The second kappa shape index (κ2) is 3.33. The topological polar surface area (TPSA) is 3.01 Å². The number of nitrogens with zero attached hydrogens (tertiary/aromatic N) is 1. The molecule has 1 heterocycles. The number of benzene rings is 1. The van der Waals surface area contributed by atoms with E-state index in [-0.39, 0.29) is 11.1 Å². The zero-order chi connectivity index (χ0) is 12.1. The van der Waals surface area contributed by atoms with Crippen molar-refractivity contribution in [3.63, 3.8) is 0 Å². The van der Waals surface area contributed by atoms with Crippen LogP contribution in [-0.4, -0.2) is 15.3 Å². The molecule has 0 radical (unpaired) electrons. The zero-order valence-electron chi connectivity index (χ0n) is 10.6. The lowest BCUT2D eigenvalue weighted by Gasteiger charge is -2.27. The first-order valence-corrected chi connectivity index (χ1v) is 6.07. The first-order valence-electron chi connectivity index (χ1n) is 5.69. The Bertz CT molecular complexity index is 464. The summed E-state index contributed by atoms with van der Waals surface area (Å²) in [6.45, 7) is 11.0. The Morgan fingerprint density at radius 2 is 1.69 bits per heavy atom. The molecule has 1 aliphatic rings. The van der Waals surface area contributed by atoms with E-state index in [0.717, 1.165) is 5.17 Å². The molecule has 86 valence electrons. The van der Waals surface area contributed by atoms with Crippen molar-refractivity contribution < 1.29 is 4.58 Å². The molecule has 1 aromatic rings. The molecule has 0 spiro atoms. The molecule has 2 heteroatoms. The van der Waals surface area contributed by atoms with Gasteiger partial charge in [0.05, 0.1) is 5.56 Å². The Morgan fingerprint density at radius 3 is 2.19 bits per heavy atom. The van der Waals surface area contributed by atoms with Crippen molar-refractivity contribution in [3.05, 3.63) is 35.4 Å². The molecule has 0 bridgehead atoms. The third kappa shape index (κ3) is 1.49. The number of halogens is 1. The molecule has 0 saturated carbocycles. The van der Waals surface area contributed by atoms with Gasteiger partial charge in [-0.3, -0.25) is 0 Å². The summed E-state index contributed by atoms with van der Waals surface area (Å²) >= 11 is 6.52. The third-order valence-electron chi connectivity index (χ3n) is 3.23. The first kappa shape index (κ1) is 11.7. The number of hydrogen-bond acceptors (Lipinski definition) is 0. The van der Waals surface area contributed by atoms with Crippen LogP contribution in [0.25, 0.3) is 0 Å². The Kier molecular flexibility index (Phi) is 2.43. The van der Waals surface area contributed by atoms with Gasteiger partial charge in [-0.15, -0.1) is 0 Å². The Labute approximate surface area is 103 Å². The van der Waals surface area contributed by atoms with Crippen LogP contribution >= 0.6 is 11.6 Å². The second-order valence-electron chi connectivity index (χ2n) is 5.90. The summed E-state index contributed by atoms with van der Waals surface area (Å²) in [6.07, 6.45) is 0. The summed E-state index contributed by atoms with van der Waals surface area (Å²) in [7, 11) is 0. The van der Waals surface area contributed by atoms with Crippen LogP contribution < -0.4 is 0 Å². The molecule has 1 aromatic carbocycles. The van der Waals surface area contributed by atoms with Crippen LogP contribution in [-0.2, 0) is 5.54 Å². The van der Waals surface area contributed by atoms with Gasteiger partial charge < -0.3 is 0 Å². The minimum atomic E-state index is -0.0358. The maximum Gasteiger partial charge on any atom is 0.278 e. The zero-order valence-corrected chi connectivity index (χ0v) is 11.4. The van der Waals surface area contributed by atoms with Crippen molar-refractivity contribution in [2.45, 2.75) is 45.7 Å². The van der Waals surface area contributed by atoms with Crippen molar-refractivity contribution in [3.8, 4) is 0 Å². The predicted octanol–water partition coefficient (Wildman–Crippen LogP) is 3.73. The van der Waals surface area contributed by atoms with E-state index in [1.54, 1.807) is 0 Å². The molecule has 0 unspecified atom stereocenters. The largest absolute Gasteiger partial charge is 0.278 e. The van der Waals surface area contributed by atoms with Crippen molar-refractivity contribution in [1.82, 2.24) is 0 Å². The third-order valence-corrected chi connectivity index (χ3v) is 3.61. The van der Waals surface area contributed by atoms with Gasteiger partial charge in [0, 0.05) is 19.4 Å². The summed E-state index contributed by atoms with van der Waals surface area (Å²) in [5, 5.41) is 0.869. The molecule has 0 fully saturated rings. The predicted molar refractivity (Wildman–Crippen MR) is 69.4 cm³/mol. The van der Waals surface area contributed by atoms with E-state index in [9.17, 15) is 0 Å². The van der Waals surface area contributed by atoms with Gasteiger partial charge in [0.1, 0.15) is 0 Å². The van der Waals surface area contributed by atoms with Crippen LogP contribution in [0, 0.1) is 0 Å². The monoisotopic (exact) mass is 236 g/mol. The van der Waals surface area contributed by atoms with Gasteiger partial charge in [-0.1, -0.05) is 18.2 Å². The SMILES string of the molecule is CC(C)(C)[N+]1=C(Cl)c2ccccc2C1(C)C. The highest BCUT2D eigenvalue weighted by atomic mass is 35.5. The molecule has 0 aromatic heterocycles. The lowest BCUT2D eigenvalue weighted by atomic mass is 9.91. The number of fused-ring (bicyclic) bond motifs is 1. The van der Waals surface area contributed by atoms with Crippen LogP contribution in [0.15, 0.2) is 24.3 Å². The van der Waals surface area contributed by atoms with Crippen molar-refractivity contribution in [2.24, 2.45) is 0 Å². The summed E-state index contributed by atoms with van der Waals surface area (Å²) in [6, 6.07) is 8.40. The Morgan fingerprint density at radius 1 is 1.12 bits per heavy atom.